The van der Waals surface area contributed by atoms with E-state index >= 15 is 0 Å². The third-order valence-corrected chi connectivity index (χ3v) is 3.10. The lowest BCUT2D eigenvalue weighted by Crippen LogP contribution is -2.25. The molecule has 0 saturated heterocycles. The number of nitrogens with zero attached hydrogens (tertiary/aromatic N) is 2. The van der Waals surface area contributed by atoms with Crippen molar-refractivity contribution in [1.29, 1.82) is 0 Å². The Morgan fingerprint density at radius 3 is 2.05 bits per heavy atom. The molecule has 0 fully saturated rings. The zero-order valence-electron chi connectivity index (χ0n) is 11.3. The van der Waals surface area contributed by atoms with Crippen molar-refractivity contribution >= 4 is 5.97 Å². The Labute approximate surface area is 120 Å². The van der Waals surface area contributed by atoms with Gasteiger partial charge in [0, 0.05) is 30.8 Å². The Bertz CT molecular complexity index is 606. The second kappa shape index (κ2) is 5.70. The summed E-state index contributed by atoms with van der Waals surface area (Å²) in [4.78, 5) is 16.7. The van der Waals surface area contributed by atoms with Crippen LogP contribution < -0.4 is 4.84 Å². The van der Waals surface area contributed by atoms with Crippen LogP contribution in [0.3, 0.4) is 0 Å². The van der Waals surface area contributed by atoms with Crippen LogP contribution in [0.2, 0.25) is 0 Å². The largest absolute Gasteiger partial charge is 0.494 e. The SMILES string of the molecule is CC(CCn1c(O)ccc1O)C(=O)On1c(O)ccc1O. The first-order valence-electron chi connectivity index (χ1n) is 6.29. The molecule has 0 saturated carbocycles. The fourth-order valence-corrected chi connectivity index (χ4v) is 1.79. The van der Waals surface area contributed by atoms with Crippen LogP contribution >= 0.6 is 0 Å². The smallest absolute Gasteiger partial charge is 0.336 e. The predicted octanol–water partition coefficient (Wildman–Crippen LogP) is 0.794. The average Bonchev–Trinajstić information content (AvgIpc) is 2.93. The summed E-state index contributed by atoms with van der Waals surface area (Å²) in [5, 5.41) is 37.7. The summed E-state index contributed by atoms with van der Waals surface area (Å²) in [5.74, 6) is -2.24. The molecule has 8 heteroatoms. The van der Waals surface area contributed by atoms with Crippen LogP contribution in [-0.4, -0.2) is 35.7 Å². The Kier molecular flexibility index (Phi) is 3.97. The van der Waals surface area contributed by atoms with Gasteiger partial charge in [0.1, 0.15) is 0 Å². The molecular formula is C13H16N2O6. The van der Waals surface area contributed by atoms with E-state index in [0.29, 0.717) is 4.73 Å². The van der Waals surface area contributed by atoms with Crippen molar-refractivity contribution in [3.63, 3.8) is 0 Å². The molecule has 1 atom stereocenters. The van der Waals surface area contributed by atoms with E-state index in [9.17, 15) is 25.2 Å². The number of hydrogen-bond donors (Lipinski definition) is 4. The van der Waals surface area contributed by atoms with Gasteiger partial charge in [0.15, 0.2) is 11.8 Å². The number of rotatable bonds is 5. The van der Waals surface area contributed by atoms with E-state index in [1.807, 2.05) is 0 Å². The Morgan fingerprint density at radius 2 is 1.52 bits per heavy atom. The lowest BCUT2D eigenvalue weighted by Gasteiger charge is -2.13. The van der Waals surface area contributed by atoms with Crippen molar-refractivity contribution < 1.29 is 30.1 Å². The molecule has 2 aromatic rings. The van der Waals surface area contributed by atoms with Crippen molar-refractivity contribution in [2.75, 3.05) is 0 Å². The van der Waals surface area contributed by atoms with E-state index < -0.39 is 23.6 Å². The molecule has 8 nitrogen and oxygen atoms in total. The maximum Gasteiger partial charge on any atom is 0.336 e. The van der Waals surface area contributed by atoms with Gasteiger partial charge in [-0.25, -0.2) is 4.79 Å². The minimum absolute atomic E-state index is 0.103. The van der Waals surface area contributed by atoms with Gasteiger partial charge in [-0.1, -0.05) is 6.92 Å². The Hall–Kier alpha value is -2.77. The van der Waals surface area contributed by atoms with E-state index in [1.165, 1.54) is 28.8 Å². The first-order chi connectivity index (χ1) is 9.90. The van der Waals surface area contributed by atoms with Gasteiger partial charge in [-0.3, -0.25) is 4.57 Å². The first kappa shape index (κ1) is 14.6. The van der Waals surface area contributed by atoms with Gasteiger partial charge in [-0.15, -0.1) is 4.73 Å². The van der Waals surface area contributed by atoms with Gasteiger partial charge < -0.3 is 25.3 Å². The molecule has 0 radical (unpaired) electrons. The van der Waals surface area contributed by atoms with Crippen LogP contribution in [0.15, 0.2) is 24.3 Å². The summed E-state index contributed by atoms with van der Waals surface area (Å²) >= 11 is 0. The van der Waals surface area contributed by atoms with Crippen molar-refractivity contribution in [3.05, 3.63) is 24.3 Å². The van der Waals surface area contributed by atoms with Gasteiger partial charge >= 0.3 is 5.97 Å². The van der Waals surface area contributed by atoms with Gasteiger partial charge in [0.25, 0.3) is 0 Å². The van der Waals surface area contributed by atoms with Crippen molar-refractivity contribution in [2.24, 2.45) is 5.92 Å². The topological polar surface area (TPSA) is 117 Å². The van der Waals surface area contributed by atoms with Gasteiger partial charge in [-0.2, -0.15) is 0 Å². The number of carbonyl (C=O) groups excluding carboxylic acids is 1. The van der Waals surface area contributed by atoms with Crippen molar-refractivity contribution in [3.8, 4) is 23.5 Å². The Balaban J connectivity index is 1.94. The third-order valence-electron chi connectivity index (χ3n) is 3.10. The van der Waals surface area contributed by atoms with Crippen molar-refractivity contribution in [1.82, 2.24) is 9.30 Å². The molecule has 2 rings (SSSR count). The minimum atomic E-state index is -0.664. The summed E-state index contributed by atoms with van der Waals surface area (Å²) in [6.45, 7) is 1.81. The zero-order valence-corrected chi connectivity index (χ0v) is 11.3. The molecule has 0 aromatic carbocycles. The molecule has 0 aliphatic rings. The fraction of sp³-hybridized carbons (Fsp3) is 0.308. The number of aromatic hydroxyl groups is 4. The molecule has 21 heavy (non-hydrogen) atoms. The zero-order chi connectivity index (χ0) is 15.6. The number of aromatic nitrogens is 2. The molecule has 0 spiro atoms. The molecule has 0 bridgehead atoms. The highest BCUT2D eigenvalue weighted by Gasteiger charge is 2.19. The summed E-state index contributed by atoms with van der Waals surface area (Å²) in [6.07, 6.45) is 0.289. The lowest BCUT2D eigenvalue weighted by molar-refractivity contribution is -0.150. The fourth-order valence-electron chi connectivity index (χ4n) is 1.79. The van der Waals surface area contributed by atoms with Gasteiger partial charge in [0.2, 0.25) is 11.8 Å². The third kappa shape index (κ3) is 3.04. The highest BCUT2D eigenvalue weighted by Crippen LogP contribution is 2.23. The molecule has 1 unspecified atom stereocenters. The Morgan fingerprint density at radius 1 is 1.05 bits per heavy atom. The van der Waals surface area contributed by atoms with E-state index in [1.54, 1.807) is 6.92 Å². The van der Waals surface area contributed by atoms with Crippen LogP contribution in [0.5, 0.6) is 23.5 Å². The maximum atomic E-state index is 11.8. The molecule has 2 heterocycles. The molecule has 114 valence electrons. The summed E-state index contributed by atoms with van der Waals surface area (Å²) in [5.41, 5.74) is 0. The van der Waals surface area contributed by atoms with Crippen LogP contribution in [0.1, 0.15) is 13.3 Å². The van der Waals surface area contributed by atoms with Crippen LogP contribution in [0.4, 0.5) is 0 Å². The monoisotopic (exact) mass is 296 g/mol. The van der Waals surface area contributed by atoms with Crippen LogP contribution in [0, 0.1) is 5.92 Å². The normalized spacial score (nSPS) is 12.2. The van der Waals surface area contributed by atoms with E-state index in [0.717, 1.165) is 0 Å². The van der Waals surface area contributed by atoms with E-state index in [4.69, 9.17) is 4.84 Å². The quantitative estimate of drug-likeness (QED) is 0.648. The molecule has 4 N–H and O–H groups in total. The summed E-state index contributed by atoms with van der Waals surface area (Å²) in [6, 6.07) is 5.05. The first-order valence-corrected chi connectivity index (χ1v) is 6.29. The maximum absolute atomic E-state index is 11.8. The highest BCUT2D eigenvalue weighted by atomic mass is 16.7. The summed E-state index contributed by atoms with van der Waals surface area (Å²) in [7, 11) is 0. The van der Waals surface area contributed by atoms with Gasteiger partial charge in [-0.05, 0) is 6.42 Å². The minimum Gasteiger partial charge on any atom is -0.494 e. The second-order valence-electron chi connectivity index (χ2n) is 4.65. The number of carbonyl (C=O) groups is 1. The second-order valence-corrected chi connectivity index (χ2v) is 4.65. The van der Waals surface area contributed by atoms with Crippen LogP contribution in [-0.2, 0) is 11.3 Å². The predicted molar refractivity (Wildman–Crippen MR) is 70.9 cm³/mol. The average molecular weight is 296 g/mol. The molecular weight excluding hydrogens is 280 g/mol. The highest BCUT2D eigenvalue weighted by molar-refractivity contribution is 5.72. The molecule has 0 aliphatic carbocycles. The van der Waals surface area contributed by atoms with Crippen LogP contribution in [0.25, 0.3) is 0 Å². The number of hydrogen-bond acceptors (Lipinski definition) is 6. The summed E-state index contributed by atoms with van der Waals surface area (Å²) < 4.78 is 1.86. The molecule has 0 amide bonds. The molecule has 0 aliphatic heterocycles. The lowest BCUT2D eigenvalue weighted by atomic mass is 10.1. The van der Waals surface area contributed by atoms with Gasteiger partial charge in [0.05, 0.1) is 5.92 Å². The van der Waals surface area contributed by atoms with Crippen molar-refractivity contribution in [2.45, 2.75) is 19.9 Å². The van der Waals surface area contributed by atoms with E-state index in [-0.39, 0.29) is 24.7 Å². The molecule has 2 aromatic heterocycles. The standard InChI is InChI=1S/C13H16N2O6/c1-8(6-7-14-9(16)2-3-10(14)17)13(20)21-15-11(18)4-5-12(15)19/h2-5,8,16-19H,6-7H2,1H3. The van der Waals surface area contributed by atoms with E-state index in [2.05, 4.69) is 0 Å².